The van der Waals surface area contributed by atoms with E-state index in [1.807, 2.05) is 0 Å². The number of carbonyl (C=O) groups is 5. The van der Waals surface area contributed by atoms with Gasteiger partial charge in [0.25, 0.3) is 0 Å². The highest BCUT2D eigenvalue weighted by Gasteiger charge is 2.38. The summed E-state index contributed by atoms with van der Waals surface area (Å²) >= 11 is 0. The summed E-state index contributed by atoms with van der Waals surface area (Å²) in [6, 6.07) is -1.62. The van der Waals surface area contributed by atoms with Crippen molar-refractivity contribution in [3.63, 3.8) is 0 Å². The van der Waals surface area contributed by atoms with E-state index in [4.69, 9.17) is 9.47 Å². The van der Waals surface area contributed by atoms with Crippen LogP contribution in [0.1, 0.15) is 65.4 Å². The number of benzene rings is 1. The van der Waals surface area contributed by atoms with Crippen molar-refractivity contribution in [3.8, 4) is 0 Å². The molecule has 0 saturated carbocycles. The van der Waals surface area contributed by atoms with Gasteiger partial charge in [0.15, 0.2) is 6.04 Å². The van der Waals surface area contributed by atoms with Crippen molar-refractivity contribution in [3.05, 3.63) is 35.4 Å². The second-order valence-corrected chi connectivity index (χ2v) is 10.6. The van der Waals surface area contributed by atoms with Crippen molar-refractivity contribution in [1.82, 2.24) is 20.9 Å². The number of carbonyl (C=O) groups excluding carboxylic acids is 5. The Morgan fingerprint density at radius 1 is 1.05 bits per heavy atom. The molecule has 5 atom stereocenters. The summed E-state index contributed by atoms with van der Waals surface area (Å²) in [5.74, 6) is -4.18. The van der Waals surface area contributed by atoms with Crippen LogP contribution in [-0.4, -0.2) is 79.1 Å². The predicted molar refractivity (Wildman–Crippen MR) is 149 cm³/mol. The molecule has 1 aromatic rings. The van der Waals surface area contributed by atoms with E-state index >= 15 is 0 Å². The summed E-state index contributed by atoms with van der Waals surface area (Å²) in [6.07, 6.45) is 2.18. The normalized spacial score (nSPS) is 17.4. The maximum absolute atomic E-state index is 13.9. The average Bonchev–Trinajstić information content (AvgIpc) is 3.41. The van der Waals surface area contributed by atoms with E-state index in [2.05, 4.69) is 29.8 Å². The Hall–Kier alpha value is -3.77. The number of esters is 2. The van der Waals surface area contributed by atoms with E-state index in [-0.39, 0.29) is 17.9 Å². The summed E-state index contributed by atoms with van der Waals surface area (Å²) in [5.41, 5.74) is 0.0872. The molecule has 1 aromatic carbocycles. The third-order valence-corrected chi connectivity index (χ3v) is 7.14. The van der Waals surface area contributed by atoms with Crippen LogP contribution in [0.4, 0.5) is 13.6 Å². The molecule has 0 radical (unpaired) electrons. The van der Waals surface area contributed by atoms with Crippen molar-refractivity contribution in [1.29, 1.82) is 0 Å². The fraction of sp³-hybridized carbons (Fsp3) is 0.621. The molecule has 0 spiro atoms. The van der Waals surface area contributed by atoms with Gasteiger partial charge >= 0.3 is 18.0 Å². The van der Waals surface area contributed by atoms with Crippen LogP contribution < -0.4 is 16.0 Å². The van der Waals surface area contributed by atoms with Crippen LogP contribution in [0.2, 0.25) is 0 Å². The number of nitrogens with zero attached hydrogens (tertiary/aromatic N) is 1. The van der Waals surface area contributed by atoms with Gasteiger partial charge in [0, 0.05) is 32.5 Å². The standard InChI is InChI=1S/C29H42F2N4O7/c1-6-8-17(2)10-11-32-29(40)33-23(15-20-13-21(30)16-22(31)14-20)26(37)34-25(28(39)41-5)18(3)42-27(38)24-9-7-12-35(24)19(4)36/h13-14,16-18,23-25H,6-12,15H2,1-5H3,(H,34,37)(H2,32,33,40)/t17?,18-,23-,24?,25-/m0/s1. The van der Waals surface area contributed by atoms with Crippen LogP contribution in [0.3, 0.4) is 0 Å². The molecular weight excluding hydrogens is 554 g/mol. The molecule has 13 heteroatoms. The van der Waals surface area contributed by atoms with E-state index in [1.54, 1.807) is 0 Å². The number of urea groups is 1. The SMILES string of the molecule is CCCC(C)CCNC(=O)N[C@@H](Cc1cc(F)cc(F)c1)C(=O)N[C@H](C(=O)OC)[C@H](C)OC(=O)C1CCCN1C(C)=O. The number of rotatable bonds is 14. The van der Waals surface area contributed by atoms with Crippen molar-refractivity contribution < 1.29 is 42.2 Å². The summed E-state index contributed by atoms with van der Waals surface area (Å²) in [6.45, 7) is 7.57. The van der Waals surface area contributed by atoms with Gasteiger partial charge in [-0.15, -0.1) is 0 Å². The van der Waals surface area contributed by atoms with Gasteiger partial charge in [0.05, 0.1) is 7.11 Å². The van der Waals surface area contributed by atoms with Crippen molar-refractivity contribution in [2.45, 2.75) is 90.4 Å². The summed E-state index contributed by atoms with van der Waals surface area (Å²) in [7, 11) is 1.09. The van der Waals surface area contributed by atoms with Gasteiger partial charge in [-0.2, -0.15) is 0 Å². The number of halogens is 2. The molecule has 1 heterocycles. The van der Waals surface area contributed by atoms with Gasteiger partial charge in [0.1, 0.15) is 29.8 Å². The molecule has 0 aromatic heterocycles. The van der Waals surface area contributed by atoms with Gasteiger partial charge < -0.3 is 30.3 Å². The maximum Gasteiger partial charge on any atom is 0.332 e. The third-order valence-electron chi connectivity index (χ3n) is 7.14. The fourth-order valence-corrected chi connectivity index (χ4v) is 4.92. The highest BCUT2D eigenvalue weighted by atomic mass is 19.1. The Labute approximate surface area is 245 Å². The lowest BCUT2D eigenvalue weighted by Gasteiger charge is -2.28. The highest BCUT2D eigenvalue weighted by molar-refractivity contribution is 5.91. The zero-order valence-electron chi connectivity index (χ0n) is 24.8. The Bertz CT molecular complexity index is 1100. The molecule has 234 valence electrons. The minimum Gasteiger partial charge on any atom is -0.467 e. The first-order valence-electron chi connectivity index (χ1n) is 14.2. The summed E-state index contributed by atoms with van der Waals surface area (Å²) in [5, 5.41) is 7.62. The van der Waals surface area contributed by atoms with Crippen LogP contribution >= 0.6 is 0 Å². The largest absolute Gasteiger partial charge is 0.467 e. The van der Waals surface area contributed by atoms with Crippen LogP contribution in [0.25, 0.3) is 0 Å². The highest BCUT2D eigenvalue weighted by Crippen LogP contribution is 2.20. The maximum atomic E-state index is 13.9. The minimum absolute atomic E-state index is 0.0872. The zero-order chi connectivity index (χ0) is 31.4. The number of methoxy groups -OCH3 is 1. The monoisotopic (exact) mass is 596 g/mol. The first-order chi connectivity index (χ1) is 19.9. The van der Waals surface area contributed by atoms with Gasteiger partial charge in [-0.1, -0.05) is 26.7 Å². The van der Waals surface area contributed by atoms with Gasteiger partial charge in [-0.25, -0.2) is 23.2 Å². The first-order valence-corrected chi connectivity index (χ1v) is 14.2. The number of hydrogen-bond acceptors (Lipinski definition) is 7. The van der Waals surface area contributed by atoms with Gasteiger partial charge in [0.2, 0.25) is 11.8 Å². The van der Waals surface area contributed by atoms with Crippen molar-refractivity contribution in [2.75, 3.05) is 20.2 Å². The molecule has 1 saturated heterocycles. The topological polar surface area (TPSA) is 143 Å². The van der Waals surface area contributed by atoms with Crippen LogP contribution in [0.5, 0.6) is 0 Å². The molecule has 1 aliphatic rings. The van der Waals surface area contributed by atoms with Crippen molar-refractivity contribution in [2.24, 2.45) is 5.92 Å². The van der Waals surface area contributed by atoms with E-state index in [0.717, 1.165) is 32.1 Å². The molecule has 1 fully saturated rings. The van der Waals surface area contributed by atoms with E-state index in [1.165, 1.54) is 18.7 Å². The lowest BCUT2D eigenvalue weighted by atomic mass is 10.0. The second-order valence-electron chi connectivity index (χ2n) is 10.6. The van der Waals surface area contributed by atoms with Crippen LogP contribution in [-0.2, 0) is 35.1 Å². The molecule has 2 rings (SSSR count). The predicted octanol–water partition coefficient (Wildman–Crippen LogP) is 2.60. The second kappa shape index (κ2) is 16.6. The summed E-state index contributed by atoms with van der Waals surface area (Å²) < 4.78 is 38.0. The minimum atomic E-state index is -1.48. The quantitative estimate of drug-likeness (QED) is 0.280. The molecule has 0 aliphatic carbocycles. The lowest BCUT2D eigenvalue weighted by molar-refractivity contribution is -0.163. The van der Waals surface area contributed by atoms with E-state index < -0.39 is 59.7 Å². The van der Waals surface area contributed by atoms with Gasteiger partial charge in [-0.3, -0.25) is 9.59 Å². The summed E-state index contributed by atoms with van der Waals surface area (Å²) in [4.78, 5) is 64.8. The van der Waals surface area contributed by atoms with Crippen LogP contribution in [0.15, 0.2) is 18.2 Å². The number of ether oxygens (including phenoxy) is 2. The molecule has 4 amide bonds. The average molecular weight is 597 g/mol. The number of amides is 4. The molecule has 2 unspecified atom stereocenters. The number of likely N-dealkylation sites (tertiary alicyclic amines) is 1. The zero-order valence-corrected chi connectivity index (χ0v) is 24.8. The molecule has 42 heavy (non-hydrogen) atoms. The molecule has 11 nitrogen and oxygen atoms in total. The number of hydrogen-bond donors (Lipinski definition) is 3. The Morgan fingerprint density at radius 3 is 2.31 bits per heavy atom. The Morgan fingerprint density at radius 2 is 1.71 bits per heavy atom. The van der Waals surface area contributed by atoms with Crippen LogP contribution in [0, 0.1) is 17.6 Å². The smallest absolute Gasteiger partial charge is 0.332 e. The van der Waals surface area contributed by atoms with E-state index in [9.17, 15) is 32.8 Å². The number of nitrogens with one attached hydrogen (secondary N) is 3. The van der Waals surface area contributed by atoms with E-state index in [0.29, 0.717) is 44.3 Å². The third kappa shape index (κ3) is 10.6. The Balaban J connectivity index is 2.19. The lowest BCUT2D eigenvalue weighted by Crippen LogP contribution is -2.57. The molecule has 3 N–H and O–H groups in total. The fourth-order valence-electron chi connectivity index (χ4n) is 4.92. The Kier molecular flexibility index (Phi) is 13.6. The molecular formula is C29H42F2N4O7. The molecule has 0 bridgehead atoms. The first kappa shape index (κ1) is 34.4. The molecule has 1 aliphatic heterocycles. The van der Waals surface area contributed by atoms with Gasteiger partial charge in [-0.05, 0) is 49.8 Å². The van der Waals surface area contributed by atoms with Crippen molar-refractivity contribution >= 4 is 29.8 Å².